The number of allylic oxidation sites excluding steroid dienone is 4. The molecule has 72 heavy (non-hydrogen) atoms. The van der Waals surface area contributed by atoms with Gasteiger partial charge in [0.25, 0.3) is 0 Å². The number of ketones is 2. The van der Waals surface area contributed by atoms with Crippen molar-refractivity contribution in [3.05, 3.63) is 166 Å². The predicted octanol–water partition coefficient (Wildman–Crippen LogP) is 13.2. The number of carbonyl (C=O) groups is 4. The fraction of sp³-hybridized carbons (Fsp3) is 0.0370. The van der Waals surface area contributed by atoms with Crippen molar-refractivity contribution in [3.63, 3.8) is 0 Å². The molecule has 0 radical (unpaired) electrons. The number of aromatic nitrogens is 2. The van der Waals surface area contributed by atoms with Crippen molar-refractivity contribution in [2.24, 2.45) is 9.98 Å². The molecule has 2 aliphatic carbocycles. The molecule has 0 unspecified atom stereocenters. The molecule has 0 bridgehead atoms. The minimum atomic E-state index is -0.695. The van der Waals surface area contributed by atoms with E-state index in [0.29, 0.717) is 82.5 Å². The van der Waals surface area contributed by atoms with Crippen molar-refractivity contribution >= 4 is 152 Å². The first-order valence-electron chi connectivity index (χ1n) is 21.7. The molecule has 340 valence electrons. The quantitative estimate of drug-likeness (QED) is 0.144. The summed E-state index contributed by atoms with van der Waals surface area (Å²) in [5.41, 5.74) is 4.53. The van der Waals surface area contributed by atoms with Gasteiger partial charge >= 0.3 is 12.2 Å². The molecule has 10 aromatic rings. The Kier molecular flexibility index (Phi) is 10.5. The van der Waals surface area contributed by atoms with Crippen molar-refractivity contribution in [2.75, 3.05) is 0 Å². The van der Waals surface area contributed by atoms with E-state index in [-0.39, 0.29) is 46.9 Å². The van der Waals surface area contributed by atoms with Crippen LogP contribution in [-0.2, 0) is 22.7 Å². The zero-order valence-electron chi connectivity index (χ0n) is 36.6. The highest BCUT2D eigenvalue weighted by molar-refractivity contribution is 7.40. The third-order valence-corrected chi connectivity index (χ3v) is 17.0. The van der Waals surface area contributed by atoms with Gasteiger partial charge in [-0.1, -0.05) is 109 Å². The van der Waals surface area contributed by atoms with Gasteiger partial charge in [-0.3, -0.25) is 9.59 Å². The number of nitriles is 4. The van der Waals surface area contributed by atoms with Crippen molar-refractivity contribution in [1.29, 1.82) is 21.0 Å². The Morgan fingerprint density at radius 3 is 1.19 bits per heavy atom. The lowest BCUT2D eigenvalue weighted by Crippen LogP contribution is -2.13. The Balaban J connectivity index is 1.07. The summed E-state index contributed by atoms with van der Waals surface area (Å²) in [4.78, 5) is 66.5. The Bertz CT molecular complexity index is 4100. The SMILES string of the molecule is N#CC(C#N)=C1/C(=N/c2cc3c(s2)c2sc4c(sc5c6sc(/N=C7\C(=O)c8ccccc8C7=C(C#N)C#N)cc6n(C(=O)OCc6ccccc6)c54)c2n3C(=O)OCc2ccccc2)C(=O)c2ccccc21. The van der Waals surface area contributed by atoms with E-state index >= 15 is 0 Å². The average molecular weight is 1010 g/mol. The van der Waals surface area contributed by atoms with Crippen molar-refractivity contribution in [1.82, 2.24) is 9.13 Å². The molecule has 18 heteroatoms. The molecular formula is C54H24N8O6S4. The molecule has 2 aliphatic rings. The second-order valence-electron chi connectivity index (χ2n) is 16.2. The minimum Gasteiger partial charge on any atom is -0.444 e. The number of aliphatic imine (C=N–C) groups is 2. The van der Waals surface area contributed by atoms with Gasteiger partial charge < -0.3 is 9.47 Å². The lowest BCUT2D eigenvalue weighted by molar-refractivity contribution is 0.106. The van der Waals surface area contributed by atoms with Crippen LogP contribution < -0.4 is 0 Å². The average Bonchev–Trinajstić information content (AvgIpc) is 4.30. The number of carbonyl (C=O) groups excluding carboxylic acids is 4. The summed E-state index contributed by atoms with van der Waals surface area (Å²) in [5, 5.41) is 40.4. The van der Waals surface area contributed by atoms with E-state index in [1.54, 1.807) is 60.7 Å². The van der Waals surface area contributed by atoms with Crippen molar-refractivity contribution in [3.8, 4) is 24.3 Å². The standard InChI is InChI=1S/C54H24N8O6S4/c55-21-29(22-56)39-31-15-7-9-17-33(31)45(63)41(39)59-37-19-35-47(69-37)49-43(61(35)53(65)67-25-27-11-3-1-4-12-27)51-52(71-49)44-50(72-51)48-36(62(44)54(66)68-26-28-13-5-2-6-14-28)20-38(70-48)60-42-40(30(23-57)24-58)32-16-8-10-18-34(32)46(42)64/h1-20H,25-26H2/b59-41-,60-42-. The Morgan fingerprint density at radius 2 is 0.819 bits per heavy atom. The Hall–Kier alpha value is -9.40. The summed E-state index contributed by atoms with van der Waals surface area (Å²) in [7, 11) is 0. The summed E-state index contributed by atoms with van der Waals surface area (Å²) >= 11 is 5.14. The zero-order chi connectivity index (χ0) is 49.4. The highest BCUT2D eigenvalue weighted by Gasteiger charge is 2.37. The second kappa shape index (κ2) is 17.2. The first kappa shape index (κ1) is 43.9. The molecule has 0 saturated carbocycles. The van der Waals surface area contributed by atoms with Crippen molar-refractivity contribution < 1.29 is 28.7 Å². The molecule has 4 aromatic carbocycles. The number of benzene rings is 4. The van der Waals surface area contributed by atoms with Crippen LogP contribution in [-0.4, -0.2) is 44.3 Å². The summed E-state index contributed by atoms with van der Waals surface area (Å²) < 4.78 is 18.9. The van der Waals surface area contributed by atoms with Crippen LogP contribution in [0.3, 0.4) is 0 Å². The normalized spacial score (nSPS) is 14.1. The van der Waals surface area contributed by atoms with Crippen LogP contribution in [0.15, 0.2) is 142 Å². The van der Waals surface area contributed by atoms with E-state index in [1.165, 1.54) is 54.5 Å². The first-order chi connectivity index (χ1) is 35.2. The monoisotopic (exact) mass is 1010 g/mol. The minimum absolute atomic E-state index is 0.0417. The molecule has 0 saturated heterocycles. The highest BCUT2D eigenvalue weighted by Crippen LogP contribution is 2.54. The molecule has 6 aromatic heterocycles. The van der Waals surface area contributed by atoms with Crippen molar-refractivity contribution in [2.45, 2.75) is 13.2 Å². The zero-order valence-corrected chi connectivity index (χ0v) is 39.9. The summed E-state index contributed by atoms with van der Waals surface area (Å²) in [6, 6.07) is 42.8. The van der Waals surface area contributed by atoms with E-state index in [2.05, 4.69) is 0 Å². The van der Waals surface area contributed by atoms with Crippen LogP contribution in [0.2, 0.25) is 0 Å². The van der Waals surface area contributed by atoms with E-state index < -0.39 is 23.8 Å². The van der Waals surface area contributed by atoms with Gasteiger partial charge in [0.05, 0.1) is 50.3 Å². The number of thiophene rings is 4. The maximum Gasteiger partial charge on any atom is 0.419 e. The first-order valence-corrected chi connectivity index (χ1v) is 24.9. The molecule has 0 amide bonds. The third kappa shape index (κ3) is 6.75. The van der Waals surface area contributed by atoms with Gasteiger partial charge in [-0.05, 0) is 34.4 Å². The van der Waals surface area contributed by atoms with Crippen LogP contribution in [0.25, 0.3) is 61.4 Å². The van der Waals surface area contributed by atoms with Gasteiger partial charge in [0.15, 0.2) is 0 Å². The summed E-state index contributed by atoms with van der Waals surface area (Å²) in [5.74, 6) is -0.896. The second-order valence-corrected chi connectivity index (χ2v) is 20.3. The molecule has 12 rings (SSSR count). The largest absolute Gasteiger partial charge is 0.444 e. The topological polar surface area (TPSA) is 216 Å². The van der Waals surface area contributed by atoms with Crippen LogP contribution in [0.4, 0.5) is 19.6 Å². The molecule has 6 heterocycles. The number of rotatable bonds is 6. The molecule has 14 nitrogen and oxygen atoms in total. The maximum absolute atomic E-state index is 14.6. The van der Waals surface area contributed by atoms with Crippen LogP contribution in [0.1, 0.15) is 43.0 Å². The van der Waals surface area contributed by atoms with Gasteiger partial charge in [0.1, 0.15) is 70.1 Å². The van der Waals surface area contributed by atoms with Crippen LogP contribution in [0.5, 0.6) is 0 Å². The maximum atomic E-state index is 14.6. The number of Topliss-reactive ketones (excluding diaryl/α,β-unsaturated/α-hetero) is 2. The third-order valence-electron chi connectivity index (χ3n) is 12.2. The Labute approximate surface area is 421 Å². The fourth-order valence-electron chi connectivity index (χ4n) is 9.07. The fourth-order valence-corrected chi connectivity index (χ4v) is 14.2. The number of hydrogen-bond donors (Lipinski definition) is 0. The van der Waals surface area contributed by atoms with E-state index in [0.717, 1.165) is 11.1 Å². The molecule has 0 spiro atoms. The summed E-state index contributed by atoms with van der Waals surface area (Å²) in [6.07, 6.45) is -1.39. The van der Waals surface area contributed by atoms with Gasteiger partial charge in [-0.15, -0.1) is 45.3 Å². The molecule has 0 atom stereocenters. The molecular weight excluding hydrogens is 985 g/mol. The van der Waals surface area contributed by atoms with E-state index in [9.17, 15) is 40.2 Å². The van der Waals surface area contributed by atoms with E-state index in [1.807, 2.05) is 84.9 Å². The lowest BCUT2D eigenvalue weighted by Gasteiger charge is -2.07. The predicted molar refractivity (Wildman–Crippen MR) is 278 cm³/mol. The van der Waals surface area contributed by atoms with Gasteiger partial charge in [0, 0.05) is 22.3 Å². The number of hydrogen-bond acceptors (Lipinski definition) is 16. The lowest BCUT2D eigenvalue weighted by atomic mass is 10.0. The van der Waals surface area contributed by atoms with Gasteiger partial charge in [-0.25, -0.2) is 28.7 Å². The highest BCUT2D eigenvalue weighted by atomic mass is 32.1. The number of ether oxygens (including phenoxy) is 2. The van der Waals surface area contributed by atoms with Gasteiger partial charge in [-0.2, -0.15) is 21.0 Å². The molecule has 0 N–H and O–H groups in total. The smallest absolute Gasteiger partial charge is 0.419 e. The van der Waals surface area contributed by atoms with Crippen LogP contribution >= 0.6 is 45.3 Å². The van der Waals surface area contributed by atoms with Crippen LogP contribution in [0, 0.1) is 45.3 Å². The number of nitrogens with zero attached hydrogens (tertiary/aromatic N) is 8. The molecule has 0 aliphatic heterocycles. The summed E-state index contributed by atoms with van der Waals surface area (Å²) in [6.45, 7) is -0.0834. The number of fused-ring (bicyclic) bond motifs is 11. The van der Waals surface area contributed by atoms with E-state index in [4.69, 9.17) is 19.5 Å². The van der Waals surface area contributed by atoms with Gasteiger partial charge in [0.2, 0.25) is 11.6 Å². The Morgan fingerprint density at radius 1 is 0.472 bits per heavy atom. The molecule has 0 fully saturated rings.